The Balaban J connectivity index is 2.42. The SMILES string of the molecule is C=C/C(=C\C(=C/C)C(F)(F)F)n1c(C)c(-c2c(SC)cnn2-c2ccc(C#N)cc2)c(=O)n(C)c1=O. The topological polar surface area (TPSA) is 85.6 Å². The van der Waals surface area contributed by atoms with E-state index in [1.807, 2.05) is 6.07 Å². The number of alkyl halides is 3. The predicted octanol–water partition coefficient (Wildman–Crippen LogP) is 4.84. The summed E-state index contributed by atoms with van der Waals surface area (Å²) in [5.74, 6) is 0. The van der Waals surface area contributed by atoms with Crippen molar-refractivity contribution in [1.29, 1.82) is 5.26 Å². The van der Waals surface area contributed by atoms with E-state index in [-0.39, 0.29) is 17.0 Å². The van der Waals surface area contributed by atoms with Crippen LogP contribution in [0.15, 0.2) is 75.3 Å². The van der Waals surface area contributed by atoms with Crippen LogP contribution >= 0.6 is 11.8 Å². The fraction of sp³-hybridized carbons (Fsp3) is 0.200. The van der Waals surface area contributed by atoms with Crippen LogP contribution in [0.4, 0.5) is 13.2 Å². The molecule has 0 saturated carbocycles. The summed E-state index contributed by atoms with van der Waals surface area (Å²) in [7, 11) is 1.26. The van der Waals surface area contributed by atoms with Gasteiger partial charge < -0.3 is 0 Å². The van der Waals surface area contributed by atoms with Crippen LogP contribution in [0.25, 0.3) is 22.6 Å². The van der Waals surface area contributed by atoms with Crippen LogP contribution in [0.5, 0.6) is 0 Å². The van der Waals surface area contributed by atoms with E-state index in [4.69, 9.17) is 5.26 Å². The van der Waals surface area contributed by atoms with E-state index in [0.29, 0.717) is 21.8 Å². The largest absolute Gasteiger partial charge is 0.416 e. The maximum Gasteiger partial charge on any atom is 0.416 e. The van der Waals surface area contributed by atoms with E-state index < -0.39 is 23.0 Å². The van der Waals surface area contributed by atoms with Crippen molar-refractivity contribution in [3.63, 3.8) is 0 Å². The Morgan fingerprint density at radius 3 is 2.36 bits per heavy atom. The van der Waals surface area contributed by atoms with Gasteiger partial charge in [0, 0.05) is 12.7 Å². The smallest absolute Gasteiger partial charge is 0.268 e. The fourth-order valence-electron chi connectivity index (χ4n) is 3.68. The molecule has 0 aliphatic heterocycles. The molecule has 11 heteroatoms. The molecule has 2 heterocycles. The van der Waals surface area contributed by atoms with Crippen molar-refractivity contribution in [2.75, 3.05) is 6.26 Å². The summed E-state index contributed by atoms with van der Waals surface area (Å²) in [4.78, 5) is 27.1. The van der Waals surface area contributed by atoms with Gasteiger partial charge in [-0.25, -0.2) is 9.48 Å². The summed E-state index contributed by atoms with van der Waals surface area (Å²) in [5, 5.41) is 13.5. The number of nitrogens with zero attached hydrogens (tertiary/aromatic N) is 5. The van der Waals surface area contributed by atoms with E-state index in [0.717, 1.165) is 27.4 Å². The molecule has 0 atom stereocenters. The van der Waals surface area contributed by atoms with Gasteiger partial charge >= 0.3 is 11.9 Å². The van der Waals surface area contributed by atoms with Gasteiger partial charge in [-0.3, -0.25) is 13.9 Å². The Morgan fingerprint density at radius 2 is 1.86 bits per heavy atom. The zero-order chi connectivity index (χ0) is 26.8. The van der Waals surface area contributed by atoms with E-state index >= 15 is 0 Å². The highest BCUT2D eigenvalue weighted by atomic mass is 32.2. The lowest BCUT2D eigenvalue weighted by molar-refractivity contribution is -0.0882. The van der Waals surface area contributed by atoms with Crippen LogP contribution in [0.1, 0.15) is 18.2 Å². The number of rotatable bonds is 6. The first-order chi connectivity index (χ1) is 17.0. The molecule has 7 nitrogen and oxygen atoms in total. The summed E-state index contributed by atoms with van der Waals surface area (Å²) in [6.07, 6.45) is 1.52. The van der Waals surface area contributed by atoms with Crippen LogP contribution in [-0.4, -0.2) is 31.3 Å². The predicted molar refractivity (Wildman–Crippen MR) is 134 cm³/mol. The highest BCUT2D eigenvalue weighted by Gasteiger charge is 2.32. The number of halogens is 3. The molecule has 0 spiro atoms. The second kappa shape index (κ2) is 10.3. The second-order valence-electron chi connectivity index (χ2n) is 7.59. The minimum Gasteiger partial charge on any atom is -0.268 e. The van der Waals surface area contributed by atoms with Crippen molar-refractivity contribution in [3.8, 4) is 23.0 Å². The zero-order valence-electron chi connectivity index (χ0n) is 19.9. The third-order valence-electron chi connectivity index (χ3n) is 5.54. The first-order valence-electron chi connectivity index (χ1n) is 10.5. The molecule has 0 aliphatic rings. The number of hydrogen-bond donors (Lipinski definition) is 0. The molecule has 0 radical (unpaired) electrons. The molecule has 186 valence electrons. The highest BCUT2D eigenvalue weighted by molar-refractivity contribution is 7.98. The molecule has 3 rings (SSSR count). The van der Waals surface area contributed by atoms with Crippen LogP contribution in [0.2, 0.25) is 0 Å². The zero-order valence-corrected chi connectivity index (χ0v) is 20.7. The molecular formula is C25H22F3N5O2S. The summed E-state index contributed by atoms with van der Waals surface area (Å²) in [6, 6.07) is 8.54. The molecule has 0 aliphatic carbocycles. The third kappa shape index (κ3) is 4.72. The number of nitriles is 1. The summed E-state index contributed by atoms with van der Waals surface area (Å²) in [5.41, 5.74) is -1.00. The van der Waals surface area contributed by atoms with Crippen LogP contribution in [0, 0.1) is 18.3 Å². The molecule has 0 N–H and O–H groups in total. The third-order valence-corrected chi connectivity index (χ3v) is 6.27. The number of allylic oxidation sites excluding steroid dienone is 5. The van der Waals surface area contributed by atoms with Gasteiger partial charge in [-0.2, -0.15) is 23.5 Å². The van der Waals surface area contributed by atoms with Gasteiger partial charge in [0.1, 0.15) is 0 Å². The maximum atomic E-state index is 13.4. The summed E-state index contributed by atoms with van der Waals surface area (Å²) < 4.78 is 43.7. The van der Waals surface area contributed by atoms with Crippen molar-refractivity contribution in [3.05, 3.63) is 92.9 Å². The number of hydrogen-bond acceptors (Lipinski definition) is 5. The Labute approximate surface area is 209 Å². The van der Waals surface area contributed by atoms with Crippen molar-refractivity contribution in [2.45, 2.75) is 24.9 Å². The average Bonchev–Trinajstić information content (AvgIpc) is 3.27. The van der Waals surface area contributed by atoms with Crippen molar-refractivity contribution < 1.29 is 13.2 Å². The van der Waals surface area contributed by atoms with E-state index in [9.17, 15) is 22.8 Å². The number of aromatic nitrogens is 4. The molecular weight excluding hydrogens is 491 g/mol. The van der Waals surface area contributed by atoms with Crippen molar-refractivity contribution >= 4 is 17.5 Å². The summed E-state index contributed by atoms with van der Waals surface area (Å²) in [6.45, 7) is 6.31. The quantitative estimate of drug-likeness (QED) is 0.348. The molecule has 1 aromatic carbocycles. The van der Waals surface area contributed by atoms with Gasteiger partial charge in [-0.1, -0.05) is 12.7 Å². The maximum absolute atomic E-state index is 13.4. The van der Waals surface area contributed by atoms with Crippen molar-refractivity contribution in [1.82, 2.24) is 18.9 Å². The molecule has 2 aromatic heterocycles. The minimum absolute atomic E-state index is 0.0881. The molecule has 0 amide bonds. The van der Waals surface area contributed by atoms with Gasteiger partial charge in [0.15, 0.2) is 0 Å². The van der Waals surface area contributed by atoms with E-state index in [1.54, 1.807) is 36.7 Å². The van der Waals surface area contributed by atoms with Crippen LogP contribution < -0.4 is 11.2 Å². The fourth-order valence-corrected chi connectivity index (χ4v) is 4.21. The lowest BCUT2D eigenvalue weighted by Gasteiger charge is -2.19. The molecule has 0 unspecified atom stereocenters. The lowest BCUT2D eigenvalue weighted by Crippen LogP contribution is -2.40. The molecule has 3 aromatic rings. The van der Waals surface area contributed by atoms with E-state index in [2.05, 4.69) is 11.7 Å². The monoisotopic (exact) mass is 513 g/mol. The van der Waals surface area contributed by atoms with Crippen LogP contribution in [-0.2, 0) is 7.05 Å². The van der Waals surface area contributed by atoms with E-state index in [1.165, 1.54) is 37.3 Å². The van der Waals surface area contributed by atoms with Gasteiger partial charge in [0.25, 0.3) is 5.56 Å². The Kier molecular flexibility index (Phi) is 7.59. The molecule has 0 fully saturated rings. The van der Waals surface area contributed by atoms with Gasteiger partial charge in [-0.05, 0) is 56.5 Å². The number of thioether (sulfide) groups is 1. The first kappa shape index (κ1) is 26.6. The van der Waals surface area contributed by atoms with Crippen molar-refractivity contribution in [2.24, 2.45) is 7.05 Å². The highest BCUT2D eigenvalue weighted by Crippen LogP contribution is 2.33. The Morgan fingerprint density at radius 1 is 1.22 bits per heavy atom. The lowest BCUT2D eigenvalue weighted by atomic mass is 10.1. The Bertz CT molecular complexity index is 1550. The molecule has 36 heavy (non-hydrogen) atoms. The minimum atomic E-state index is -4.65. The van der Waals surface area contributed by atoms with Crippen LogP contribution in [0.3, 0.4) is 0 Å². The average molecular weight is 514 g/mol. The van der Waals surface area contributed by atoms with Gasteiger partial charge in [0.05, 0.1) is 50.9 Å². The Hall–Kier alpha value is -4.04. The summed E-state index contributed by atoms with van der Waals surface area (Å²) >= 11 is 1.31. The standard InChI is InChI=1S/C25H22F3N5O2S/c1-6-17(25(26,27)28)12-18(7-2)32-15(3)21(23(34)31(4)24(32)35)22-20(36-5)14-30-33(22)19-10-8-16(13-29)9-11-19/h6-12,14H,2H2,1,3-5H3/b17-6+,18-12+. The normalized spacial score (nSPS) is 12.5. The second-order valence-corrected chi connectivity index (χ2v) is 8.44. The van der Waals surface area contributed by atoms with Gasteiger partial charge in [-0.15, -0.1) is 11.8 Å². The molecule has 0 bridgehead atoms. The number of benzene rings is 1. The van der Waals surface area contributed by atoms with Gasteiger partial charge in [0.2, 0.25) is 0 Å². The first-order valence-corrected chi connectivity index (χ1v) is 11.8. The molecule has 0 saturated heterocycles.